The molecular formula is C33H24ClN3O4S2. The monoisotopic (exact) mass is 625 g/mol. The summed E-state index contributed by atoms with van der Waals surface area (Å²) in [6.45, 7) is 1.93. The summed E-state index contributed by atoms with van der Waals surface area (Å²) < 4.78 is 6.68. The number of carbonyl (C=O) groups excluding carboxylic acids is 2. The molecule has 1 aliphatic heterocycles. The molecule has 43 heavy (non-hydrogen) atoms. The number of rotatable bonds is 8. The van der Waals surface area contributed by atoms with Crippen molar-refractivity contribution in [2.75, 3.05) is 4.90 Å². The predicted octanol–water partition coefficient (Wildman–Crippen LogP) is 8.21. The molecule has 1 fully saturated rings. The second kappa shape index (κ2) is 12.4. The van der Waals surface area contributed by atoms with Crippen LogP contribution in [0, 0.1) is 6.92 Å². The third-order valence-electron chi connectivity index (χ3n) is 6.80. The summed E-state index contributed by atoms with van der Waals surface area (Å²) in [7, 11) is 0. The van der Waals surface area contributed by atoms with E-state index in [1.807, 2.05) is 73.7 Å². The Morgan fingerprint density at radius 3 is 2.40 bits per heavy atom. The Bertz CT molecular complexity index is 1820. The molecule has 1 amide bonds. The number of aliphatic hydroxyl groups is 1. The van der Waals surface area contributed by atoms with Crippen molar-refractivity contribution in [2.45, 2.75) is 23.1 Å². The summed E-state index contributed by atoms with van der Waals surface area (Å²) in [5, 5.41) is 20.9. The van der Waals surface area contributed by atoms with Crippen LogP contribution in [-0.4, -0.2) is 27.0 Å². The highest BCUT2D eigenvalue weighted by atomic mass is 35.5. The molecule has 0 aliphatic carbocycles. The van der Waals surface area contributed by atoms with Crippen molar-refractivity contribution in [2.24, 2.45) is 0 Å². The summed E-state index contributed by atoms with van der Waals surface area (Å²) >= 11 is 8.67. The lowest BCUT2D eigenvalue weighted by molar-refractivity contribution is -0.132. The van der Waals surface area contributed by atoms with Crippen LogP contribution < -0.4 is 9.64 Å². The number of amides is 1. The number of hydrogen-bond acceptors (Lipinski definition) is 8. The maximum absolute atomic E-state index is 13.6. The van der Waals surface area contributed by atoms with Crippen molar-refractivity contribution in [3.05, 3.63) is 136 Å². The topological polar surface area (TPSA) is 92.6 Å². The van der Waals surface area contributed by atoms with E-state index in [-0.39, 0.29) is 16.5 Å². The van der Waals surface area contributed by atoms with Gasteiger partial charge < -0.3 is 9.84 Å². The van der Waals surface area contributed by atoms with E-state index in [1.165, 1.54) is 28.0 Å². The normalized spacial score (nSPS) is 16.0. The Morgan fingerprint density at radius 1 is 0.930 bits per heavy atom. The number of hydrogen-bond donors (Lipinski definition) is 1. The average Bonchev–Trinajstić information content (AvgIpc) is 3.59. The fourth-order valence-electron chi connectivity index (χ4n) is 4.67. The van der Waals surface area contributed by atoms with Gasteiger partial charge in [0.2, 0.25) is 5.13 Å². The number of ether oxygens (including phenoxy) is 1. The summed E-state index contributed by atoms with van der Waals surface area (Å²) in [5.74, 6) is -0.0789. The molecule has 1 aliphatic rings. The van der Waals surface area contributed by atoms with Crippen molar-refractivity contribution in [1.29, 1.82) is 0 Å². The van der Waals surface area contributed by atoms with Crippen LogP contribution in [0.1, 0.15) is 28.3 Å². The molecule has 5 aromatic rings. The van der Waals surface area contributed by atoms with Gasteiger partial charge in [-0.2, -0.15) is 0 Å². The minimum absolute atomic E-state index is 0.0312. The molecule has 0 radical (unpaired) electrons. The number of anilines is 1. The number of carbonyl (C=O) groups is 2. The van der Waals surface area contributed by atoms with Crippen LogP contribution >= 0.6 is 34.7 Å². The van der Waals surface area contributed by atoms with Gasteiger partial charge >= 0.3 is 5.91 Å². The summed E-state index contributed by atoms with van der Waals surface area (Å²) in [6, 6.07) is 30.1. The maximum Gasteiger partial charge on any atom is 0.301 e. The smallest absolute Gasteiger partial charge is 0.301 e. The van der Waals surface area contributed by atoms with Gasteiger partial charge in [-0.05, 0) is 54.4 Å². The number of thioether (sulfide) groups is 1. The molecule has 1 aromatic heterocycles. The van der Waals surface area contributed by atoms with E-state index < -0.39 is 17.7 Å². The number of benzene rings is 4. The second-order valence-corrected chi connectivity index (χ2v) is 12.4. The predicted molar refractivity (Wildman–Crippen MR) is 170 cm³/mol. The number of aliphatic hydroxyl groups excluding tert-OH is 1. The van der Waals surface area contributed by atoms with E-state index in [0.29, 0.717) is 37.7 Å². The van der Waals surface area contributed by atoms with Crippen molar-refractivity contribution in [1.82, 2.24) is 10.2 Å². The van der Waals surface area contributed by atoms with Crippen LogP contribution in [-0.2, 0) is 15.3 Å². The first-order valence-electron chi connectivity index (χ1n) is 13.3. The van der Waals surface area contributed by atoms with Gasteiger partial charge in [0.05, 0.1) is 11.6 Å². The molecule has 1 atom stereocenters. The molecule has 10 heteroatoms. The van der Waals surface area contributed by atoms with Gasteiger partial charge in [-0.1, -0.05) is 107 Å². The van der Waals surface area contributed by atoms with Crippen LogP contribution in [0.4, 0.5) is 5.13 Å². The first-order chi connectivity index (χ1) is 20.9. The molecule has 2 heterocycles. The number of aromatic nitrogens is 2. The number of halogens is 1. The summed E-state index contributed by atoms with van der Waals surface area (Å²) in [6.07, 6.45) is 0. The van der Waals surface area contributed by atoms with Crippen molar-refractivity contribution < 1.29 is 19.4 Å². The fourth-order valence-corrected chi connectivity index (χ4v) is 6.62. The van der Waals surface area contributed by atoms with E-state index in [9.17, 15) is 14.7 Å². The number of nitrogens with zero attached hydrogens (tertiary/aromatic N) is 3. The van der Waals surface area contributed by atoms with Crippen molar-refractivity contribution in [3.63, 3.8) is 0 Å². The van der Waals surface area contributed by atoms with Gasteiger partial charge in [-0.3, -0.25) is 14.5 Å². The van der Waals surface area contributed by atoms with Crippen molar-refractivity contribution >= 4 is 57.3 Å². The summed E-state index contributed by atoms with van der Waals surface area (Å²) in [4.78, 5) is 28.5. The lowest BCUT2D eigenvalue weighted by atomic mass is 9.95. The Kier molecular flexibility index (Phi) is 8.29. The number of para-hydroxylation sites is 1. The zero-order valence-electron chi connectivity index (χ0n) is 22.8. The minimum atomic E-state index is -0.956. The standard InChI is InChI=1S/C33H24ClN3O4S2/c1-20-10-14-22(15-11-20)29(38)27-28(23-6-5-9-26(18-23)41-25-7-3-2-4-8-25)37(31(40)30(27)39)32-35-36-33(43-32)42-19-21-12-16-24(34)17-13-21/h2-18,28,38H,19H2,1H3/b29-27-. The van der Waals surface area contributed by atoms with Crippen LogP contribution in [0.5, 0.6) is 11.5 Å². The number of ketones is 1. The lowest BCUT2D eigenvalue weighted by Crippen LogP contribution is -2.29. The lowest BCUT2D eigenvalue weighted by Gasteiger charge is -2.23. The molecule has 0 bridgehead atoms. The third-order valence-corrected chi connectivity index (χ3v) is 9.18. The zero-order valence-corrected chi connectivity index (χ0v) is 25.2. The Morgan fingerprint density at radius 2 is 1.65 bits per heavy atom. The van der Waals surface area contributed by atoms with E-state index >= 15 is 0 Å². The molecule has 1 saturated heterocycles. The highest BCUT2D eigenvalue weighted by molar-refractivity contribution is 8.00. The molecule has 4 aromatic carbocycles. The highest BCUT2D eigenvalue weighted by Gasteiger charge is 2.48. The first-order valence-corrected chi connectivity index (χ1v) is 15.5. The van der Waals surface area contributed by atoms with Gasteiger partial charge in [0.15, 0.2) is 4.34 Å². The van der Waals surface area contributed by atoms with Gasteiger partial charge in [0, 0.05) is 16.3 Å². The minimum Gasteiger partial charge on any atom is -0.507 e. The quantitative estimate of drug-likeness (QED) is 0.0610. The molecule has 1 unspecified atom stereocenters. The molecule has 0 saturated carbocycles. The van der Waals surface area contributed by atoms with E-state index in [4.69, 9.17) is 16.3 Å². The number of aryl methyl sites for hydroxylation is 1. The Labute approximate surface area is 261 Å². The Hall–Kier alpha value is -4.44. The van der Waals surface area contributed by atoms with E-state index in [2.05, 4.69) is 10.2 Å². The molecule has 6 rings (SSSR count). The van der Waals surface area contributed by atoms with Gasteiger partial charge in [-0.25, -0.2) is 0 Å². The van der Waals surface area contributed by atoms with Crippen LogP contribution in [0.25, 0.3) is 5.76 Å². The zero-order chi connectivity index (χ0) is 29.9. The van der Waals surface area contributed by atoms with Crippen LogP contribution in [0.15, 0.2) is 113 Å². The van der Waals surface area contributed by atoms with Crippen molar-refractivity contribution in [3.8, 4) is 11.5 Å². The number of Topliss-reactive ketones (excluding diaryl/α,β-unsaturated/α-hetero) is 1. The van der Waals surface area contributed by atoms with Gasteiger partial charge in [0.25, 0.3) is 5.78 Å². The first kappa shape index (κ1) is 28.7. The summed E-state index contributed by atoms with van der Waals surface area (Å²) in [5.41, 5.74) is 3.03. The molecule has 7 nitrogen and oxygen atoms in total. The Balaban J connectivity index is 1.39. The molecular weight excluding hydrogens is 602 g/mol. The molecule has 0 spiro atoms. The second-order valence-electron chi connectivity index (χ2n) is 9.79. The van der Waals surface area contributed by atoms with Crippen LogP contribution in [0.2, 0.25) is 5.02 Å². The fraction of sp³-hybridized carbons (Fsp3) is 0.0909. The van der Waals surface area contributed by atoms with E-state index in [1.54, 1.807) is 36.4 Å². The largest absolute Gasteiger partial charge is 0.507 e. The highest BCUT2D eigenvalue weighted by Crippen LogP contribution is 2.45. The maximum atomic E-state index is 13.6. The molecule has 214 valence electrons. The average molecular weight is 626 g/mol. The van der Waals surface area contributed by atoms with E-state index in [0.717, 1.165) is 11.1 Å². The van der Waals surface area contributed by atoms with Crippen LogP contribution in [0.3, 0.4) is 0 Å². The van der Waals surface area contributed by atoms with Gasteiger partial charge in [-0.15, -0.1) is 10.2 Å². The third kappa shape index (κ3) is 6.19. The SMILES string of the molecule is Cc1ccc(/C(O)=C2/C(=O)C(=O)N(c3nnc(SCc4ccc(Cl)cc4)s3)C2c2cccc(Oc3ccccc3)c2)cc1. The molecule has 1 N–H and O–H groups in total. The van der Waals surface area contributed by atoms with Gasteiger partial charge in [0.1, 0.15) is 17.3 Å².